The highest BCUT2D eigenvalue weighted by atomic mass is 19.1. The van der Waals surface area contributed by atoms with E-state index in [1.54, 1.807) is 24.5 Å². The van der Waals surface area contributed by atoms with Crippen molar-refractivity contribution in [2.75, 3.05) is 0 Å². The van der Waals surface area contributed by atoms with Gasteiger partial charge in [0, 0.05) is 35.3 Å². The van der Waals surface area contributed by atoms with Gasteiger partial charge in [-0.2, -0.15) is 5.10 Å². The number of pyridine rings is 2. The topological polar surface area (TPSA) is 56.2 Å². The third-order valence-electron chi connectivity index (χ3n) is 5.54. The van der Waals surface area contributed by atoms with Crippen LogP contribution in [0.15, 0.2) is 67.1 Å². The van der Waals surface area contributed by atoms with Crippen molar-refractivity contribution < 1.29 is 4.39 Å². The minimum Gasteiger partial charge on any atom is -0.321 e. The summed E-state index contributed by atoms with van der Waals surface area (Å²) in [5.41, 5.74) is 12.1. The lowest BCUT2D eigenvalue weighted by Gasteiger charge is -2.38. The number of hydrogen-bond donors (Lipinski definition) is 1. The van der Waals surface area contributed by atoms with Crippen LogP contribution >= 0.6 is 0 Å². The molecule has 0 radical (unpaired) electrons. The van der Waals surface area contributed by atoms with E-state index in [4.69, 9.17) is 10.8 Å². The van der Waals surface area contributed by atoms with Gasteiger partial charge in [-0.05, 0) is 72.9 Å². The first-order chi connectivity index (χ1) is 13.1. The van der Waals surface area contributed by atoms with E-state index in [0.29, 0.717) is 0 Å². The van der Waals surface area contributed by atoms with E-state index < -0.39 is 0 Å². The Morgan fingerprint density at radius 3 is 2.33 bits per heavy atom. The number of halogens is 1. The smallest absolute Gasteiger partial charge is 0.123 e. The number of hydrogen-bond acceptors (Lipinski definition) is 3. The zero-order chi connectivity index (χ0) is 18.4. The van der Waals surface area contributed by atoms with Gasteiger partial charge in [0.15, 0.2) is 0 Å². The first-order valence-corrected chi connectivity index (χ1v) is 9.12. The number of fused-ring (bicyclic) bond motifs is 1. The summed E-state index contributed by atoms with van der Waals surface area (Å²) < 4.78 is 15.3. The third kappa shape index (κ3) is 2.62. The number of nitrogens with two attached hydrogens (primary N) is 1. The molecule has 0 aliphatic heterocycles. The van der Waals surface area contributed by atoms with E-state index in [2.05, 4.69) is 17.1 Å². The molecule has 0 unspecified atom stereocenters. The molecule has 1 aliphatic carbocycles. The molecule has 0 spiro atoms. The molecular weight excluding hydrogens is 339 g/mol. The minimum atomic E-state index is -0.259. The van der Waals surface area contributed by atoms with E-state index >= 15 is 0 Å². The summed E-state index contributed by atoms with van der Waals surface area (Å²) >= 11 is 0. The number of aromatic nitrogens is 3. The molecule has 0 bridgehead atoms. The maximum atomic E-state index is 13.4. The highest BCUT2D eigenvalue weighted by Gasteiger charge is 2.34. The highest BCUT2D eigenvalue weighted by molar-refractivity contribution is 5.92. The van der Waals surface area contributed by atoms with Gasteiger partial charge in [0.05, 0.1) is 5.52 Å². The molecule has 5 rings (SSSR count). The average molecular weight is 358 g/mol. The molecule has 0 saturated heterocycles. The largest absolute Gasteiger partial charge is 0.321 e. The van der Waals surface area contributed by atoms with Crippen LogP contribution in [-0.2, 0) is 5.54 Å². The van der Waals surface area contributed by atoms with Crippen molar-refractivity contribution in [2.45, 2.75) is 24.8 Å². The molecule has 27 heavy (non-hydrogen) atoms. The van der Waals surface area contributed by atoms with Gasteiger partial charge in [0.2, 0.25) is 0 Å². The fourth-order valence-electron chi connectivity index (χ4n) is 3.80. The predicted molar refractivity (Wildman–Crippen MR) is 104 cm³/mol. The summed E-state index contributed by atoms with van der Waals surface area (Å²) in [5.74, 6) is -0.259. The normalized spacial score (nSPS) is 15.6. The standard InChI is InChI=1S/C22H19FN4/c23-18-5-2-16(3-6-18)21-20(15-8-12-25-13-9-15)19-7-4-17(14-27(19)26-21)22(24)10-1-11-22/h2-9,12-14H,1,10-11,24H2. The van der Waals surface area contributed by atoms with Gasteiger partial charge in [-0.25, -0.2) is 8.91 Å². The van der Waals surface area contributed by atoms with Crippen LogP contribution in [-0.4, -0.2) is 14.6 Å². The lowest BCUT2D eigenvalue weighted by atomic mass is 9.73. The Kier molecular flexibility index (Phi) is 3.58. The van der Waals surface area contributed by atoms with Crippen LogP contribution in [0.25, 0.3) is 27.9 Å². The van der Waals surface area contributed by atoms with Crippen LogP contribution < -0.4 is 5.73 Å². The van der Waals surface area contributed by atoms with Crippen LogP contribution in [0.1, 0.15) is 24.8 Å². The molecule has 134 valence electrons. The Bertz CT molecular complexity index is 1110. The van der Waals surface area contributed by atoms with Gasteiger partial charge in [-0.3, -0.25) is 4.98 Å². The highest BCUT2D eigenvalue weighted by Crippen LogP contribution is 2.40. The summed E-state index contributed by atoms with van der Waals surface area (Å²) in [4.78, 5) is 4.12. The van der Waals surface area contributed by atoms with Gasteiger partial charge in [0.1, 0.15) is 11.5 Å². The molecule has 0 atom stereocenters. The van der Waals surface area contributed by atoms with Crippen LogP contribution in [0.2, 0.25) is 0 Å². The predicted octanol–water partition coefficient (Wildman–Crippen LogP) is 4.54. The van der Waals surface area contributed by atoms with Gasteiger partial charge in [-0.15, -0.1) is 0 Å². The van der Waals surface area contributed by atoms with E-state index in [9.17, 15) is 4.39 Å². The summed E-state index contributed by atoms with van der Waals surface area (Å²) in [6, 6.07) is 14.6. The van der Waals surface area contributed by atoms with E-state index in [1.807, 2.05) is 22.8 Å². The zero-order valence-electron chi connectivity index (χ0n) is 14.8. The van der Waals surface area contributed by atoms with Crippen molar-refractivity contribution in [3.05, 3.63) is 78.5 Å². The lowest BCUT2D eigenvalue weighted by molar-refractivity contribution is 0.252. The maximum absolute atomic E-state index is 13.4. The Labute approximate surface area is 156 Å². The summed E-state index contributed by atoms with van der Waals surface area (Å²) in [6.45, 7) is 0. The summed E-state index contributed by atoms with van der Waals surface area (Å²) in [7, 11) is 0. The van der Waals surface area contributed by atoms with Crippen molar-refractivity contribution in [2.24, 2.45) is 5.73 Å². The van der Waals surface area contributed by atoms with Crippen molar-refractivity contribution in [3.63, 3.8) is 0 Å². The van der Waals surface area contributed by atoms with Crippen LogP contribution in [0.4, 0.5) is 4.39 Å². The molecule has 4 aromatic rings. The van der Waals surface area contributed by atoms with E-state index in [0.717, 1.165) is 52.7 Å². The molecule has 1 saturated carbocycles. The van der Waals surface area contributed by atoms with Crippen LogP contribution in [0, 0.1) is 5.82 Å². The first kappa shape index (κ1) is 16.1. The lowest BCUT2D eigenvalue weighted by Crippen LogP contribution is -2.43. The molecule has 5 heteroatoms. The number of nitrogens with zero attached hydrogens (tertiary/aromatic N) is 3. The van der Waals surface area contributed by atoms with Crippen molar-refractivity contribution in [1.29, 1.82) is 0 Å². The minimum absolute atomic E-state index is 0.243. The Balaban J connectivity index is 1.75. The van der Waals surface area contributed by atoms with E-state index in [1.165, 1.54) is 12.1 Å². The van der Waals surface area contributed by atoms with E-state index in [-0.39, 0.29) is 11.4 Å². The molecule has 1 fully saturated rings. The molecule has 4 nitrogen and oxygen atoms in total. The van der Waals surface area contributed by atoms with Crippen LogP contribution in [0.3, 0.4) is 0 Å². The van der Waals surface area contributed by atoms with Gasteiger partial charge in [0.25, 0.3) is 0 Å². The monoisotopic (exact) mass is 358 g/mol. The van der Waals surface area contributed by atoms with Gasteiger partial charge < -0.3 is 5.73 Å². The molecule has 1 aliphatic rings. The zero-order valence-corrected chi connectivity index (χ0v) is 14.8. The number of rotatable bonds is 3. The second-order valence-corrected chi connectivity index (χ2v) is 7.22. The second kappa shape index (κ2) is 5.99. The fourth-order valence-corrected chi connectivity index (χ4v) is 3.80. The summed E-state index contributed by atoms with van der Waals surface area (Å²) in [6.07, 6.45) is 8.74. The fraction of sp³-hybridized carbons (Fsp3) is 0.182. The Hall–Kier alpha value is -3.05. The van der Waals surface area contributed by atoms with Crippen molar-refractivity contribution in [1.82, 2.24) is 14.6 Å². The van der Waals surface area contributed by atoms with Crippen molar-refractivity contribution >= 4 is 5.52 Å². The first-order valence-electron chi connectivity index (χ1n) is 9.12. The van der Waals surface area contributed by atoms with Crippen molar-refractivity contribution in [3.8, 4) is 22.4 Å². The quantitative estimate of drug-likeness (QED) is 0.585. The SMILES string of the molecule is NC1(c2ccc3c(-c4ccncc4)c(-c4ccc(F)cc4)nn3c2)CCC1. The summed E-state index contributed by atoms with van der Waals surface area (Å²) in [5, 5.41) is 4.84. The molecule has 1 aromatic carbocycles. The number of benzene rings is 1. The third-order valence-corrected chi connectivity index (χ3v) is 5.54. The second-order valence-electron chi connectivity index (χ2n) is 7.22. The molecule has 0 amide bonds. The van der Waals surface area contributed by atoms with Gasteiger partial charge >= 0.3 is 0 Å². The molecule has 2 N–H and O–H groups in total. The maximum Gasteiger partial charge on any atom is 0.123 e. The Morgan fingerprint density at radius 1 is 0.926 bits per heavy atom. The van der Waals surface area contributed by atoms with Gasteiger partial charge in [-0.1, -0.05) is 6.07 Å². The molecule has 3 aromatic heterocycles. The Morgan fingerprint density at radius 2 is 1.67 bits per heavy atom. The average Bonchev–Trinajstić information content (AvgIpc) is 3.06. The van der Waals surface area contributed by atoms with Crippen LogP contribution in [0.5, 0.6) is 0 Å². The molecule has 3 heterocycles. The molecular formula is C22H19FN4.